The summed E-state index contributed by atoms with van der Waals surface area (Å²) in [6.45, 7) is 5.55. The molecule has 1 fully saturated rings. The molecule has 0 bridgehead atoms. The number of nitrogens with one attached hydrogen (secondary N) is 1. The summed E-state index contributed by atoms with van der Waals surface area (Å²) in [4.78, 5) is 24.4. The van der Waals surface area contributed by atoms with Gasteiger partial charge in [0.2, 0.25) is 0 Å². The van der Waals surface area contributed by atoms with Crippen molar-refractivity contribution < 1.29 is 14.3 Å². The summed E-state index contributed by atoms with van der Waals surface area (Å²) in [5.41, 5.74) is 3.71. The number of H-pyrrole nitrogens is 1. The lowest BCUT2D eigenvalue weighted by molar-refractivity contribution is 0.0786. The first-order valence-electron chi connectivity index (χ1n) is 9.97. The van der Waals surface area contributed by atoms with Gasteiger partial charge >= 0.3 is 0 Å². The van der Waals surface area contributed by atoms with Crippen molar-refractivity contribution in [2.45, 2.75) is 26.2 Å². The van der Waals surface area contributed by atoms with Crippen LogP contribution in [-0.2, 0) is 0 Å². The molecular weight excluding hydrogens is 400 g/mol. The zero-order valence-electron chi connectivity index (χ0n) is 17.5. The van der Waals surface area contributed by atoms with E-state index in [2.05, 4.69) is 21.7 Å². The SMILES string of the molecule is COc1cc(OC)c2cc(C(=O)N3CC[C@@H](c4nc(C)n5c(C)csc45)C3)[nH]c2c1. The second-order valence-corrected chi connectivity index (χ2v) is 8.63. The van der Waals surface area contributed by atoms with Gasteiger partial charge in [-0.3, -0.25) is 9.20 Å². The third kappa shape index (κ3) is 2.86. The van der Waals surface area contributed by atoms with Crippen LogP contribution in [0.2, 0.25) is 0 Å². The number of ether oxygens (including phenoxy) is 2. The van der Waals surface area contributed by atoms with Crippen LogP contribution in [0.3, 0.4) is 0 Å². The summed E-state index contributed by atoms with van der Waals surface area (Å²) in [6, 6.07) is 5.57. The van der Waals surface area contributed by atoms with Crippen molar-refractivity contribution in [1.82, 2.24) is 19.3 Å². The molecule has 0 radical (unpaired) electrons. The van der Waals surface area contributed by atoms with E-state index >= 15 is 0 Å². The minimum absolute atomic E-state index is 0.00394. The summed E-state index contributed by atoms with van der Waals surface area (Å²) in [5.74, 6) is 2.65. The van der Waals surface area contributed by atoms with Crippen LogP contribution in [0.5, 0.6) is 11.5 Å². The summed E-state index contributed by atoms with van der Waals surface area (Å²) in [7, 11) is 3.23. The standard InChI is InChI=1S/C22H24N4O3S/c1-12-11-30-22-20(23-13(2)26(12)22)14-5-6-25(10-14)21(27)18-9-16-17(24-18)7-15(28-3)8-19(16)29-4/h7-9,11,14,24H,5-6,10H2,1-4H3/t14-/m1/s1. The number of nitrogens with zero attached hydrogens (tertiary/aromatic N) is 3. The predicted octanol–water partition coefficient (Wildman–Crippen LogP) is 4.14. The third-order valence-electron chi connectivity index (χ3n) is 5.94. The van der Waals surface area contributed by atoms with Gasteiger partial charge in [-0.25, -0.2) is 4.98 Å². The Labute approximate surface area is 178 Å². The summed E-state index contributed by atoms with van der Waals surface area (Å²) < 4.78 is 13.0. The zero-order chi connectivity index (χ0) is 21.0. The number of likely N-dealkylation sites (tertiary alicyclic amines) is 1. The normalized spacial score (nSPS) is 16.7. The number of aromatic amines is 1. The van der Waals surface area contributed by atoms with Crippen molar-refractivity contribution in [1.29, 1.82) is 0 Å². The first kappa shape index (κ1) is 19.0. The lowest BCUT2D eigenvalue weighted by atomic mass is 10.1. The van der Waals surface area contributed by atoms with E-state index in [4.69, 9.17) is 14.5 Å². The van der Waals surface area contributed by atoms with Gasteiger partial charge in [0, 0.05) is 47.6 Å². The average molecular weight is 425 g/mol. The Morgan fingerprint density at radius 3 is 2.83 bits per heavy atom. The van der Waals surface area contributed by atoms with Crippen molar-refractivity contribution in [3.8, 4) is 11.5 Å². The first-order valence-corrected chi connectivity index (χ1v) is 10.8. The molecule has 0 unspecified atom stereocenters. The van der Waals surface area contributed by atoms with Gasteiger partial charge in [-0.1, -0.05) is 0 Å². The van der Waals surface area contributed by atoms with Crippen LogP contribution in [0.25, 0.3) is 15.7 Å². The molecule has 5 rings (SSSR count). The van der Waals surface area contributed by atoms with Gasteiger partial charge in [0.15, 0.2) is 0 Å². The molecule has 156 valence electrons. The van der Waals surface area contributed by atoms with Crippen LogP contribution in [0.4, 0.5) is 0 Å². The quantitative estimate of drug-likeness (QED) is 0.534. The molecule has 8 heteroatoms. The largest absolute Gasteiger partial charge is 0.497 e. The van der Waals surface area contributed by atoms with E-state index in [9.17, 15) is 4.79 Å². The summed E-state index contributed by atoms with van der Waals surface area (Å²) in [5, 5.41) is 3.04. The van der Waals surface area contributed by atoms with Crippen LogP contribution >= 0.6 is 11.3 Å². The second-order valence-electron chi connectivity index (χ2n) is 7.77. The Morgan fingerprint density at radius 1 is 1.23 bits per heavy atom. The molecule has 30 heavy (non-hydrogen) atoms. The Hall–Kier alpha value is -3.00. The number of amides is 1. The van der Waals surface area contributed by atoms with Crippen LogP contribution in [0, 0.1) is 13.8 Å². The maximum atomic E-state index is 13.2. The Morgan fingerprint density at radius 2 is 2.07 bits per heavy atom. The number of fused-ring (bicyclic) bond motifs is 2. The second kappa shape index (κ2) is 7.05. The highest BCUT2D eigenvalue weighted by atomic mass is 32.1. The summed E-state index contributed by atoms with van der Waals surface area (Å²) in [6.07, 6.45) is 0.923. The fourth-order valence-electron chi connectivity index (χ4n) is 4.44. The van der Waals surface area contributed by atoms with E-state index in [-0.39, 0.29) is 11.8 Å². The highest BCUT2D eigenvalue weighted by Crippen LogP contribution is 2.35. The fraction of sp³-hybridized carbons (Fsp3) is 0.364. The number of hydrogen-bond donors (Lipinski definition) is 1. The minimum atomic E-state index is 0.00394. The van der Waals surface area contributed by atoms with Gasteiger partial charge in [-0.05, 0) is 26.3 Å². The number of carbonyl (C=O) groups excluding carboxylic acids is 1. The minimum Gasteiger partial charge on any atom is -0.497 e. The molecule has 1 atom stereocenters. The van der Waals surface area contributed by atoms with Crippen LogP contribution in [0.15, 0.2) is 23.6 Å². The predicted molar refractivity (Wildman–Crippen MR) is 117 cm³/mol. The summed E-state index contributed by atoms with van der Waals surface area (Å²) >= 11 is 1.73. The van der Waals surface area contributed by atoms with Crippen LogP contribution in [-0.4, -0.2) is 52.5 Å². The number of aryl methyl sites for hydroxylation is 2. The van der Waals surface area contributed by atoms with E-state index in [0.717, 1.165) is 35.4 Å². The molecule has 1 amide bonds. The number of rotatable bonds is 4. The average Bonchev–Trinajstić information content (AvgIpc) is 3.51. The molecule has 0 saturated carbocycles. The molecule has 1 aliphatic heterocycles. The number of thiazole rings is 1. The van der Waals surface area contributed by atoms with E-state index in [1.165, 1.54) is 10.5 Å². The monoisotopic (exact) mass is 424 g/mol. The highest BCUT2D eigenvalue weighted by molar-refractivity contribution is 7.15. The molecule has 4 aromatic rings. The van der Waals surface area contributed by atoms with Gasteiger partial charge < -0.3 is 19.4 Å². The van der Waals surface area contributed by atoms with Gasteiger partial charge in [-0.15, -0.1) is 11.3 Å². The Balaban J connectivity index is 1.42. The lowest BCUT2D eigenvalue weighted by Gasteiger charge is -2.15. The molecule has 4 heterocycles. The smallest absolute Gasteiger partial charge is 0.270 e. The van der Waals surface area contributed by atoms with Gasteiger partial charge in [0.25, 0.3) is 5.91 Å². The van der Waals surface area contributed by atoms with Gasteiger partial charge in [-0.2, -0.15) is 0 Å². The van der Waals surface area contributed by atoms with Crippen LogP contribution < -0.4 is 9.47 Å². The topological polar surface area (TPSA) is 71.9 Å². The van der Waals surface area contributed by atoms with Crippen molar-refractivity contribution in [3.63, 3.8) is 0 Å². The van der Waals surface area contributed by atoms with Crippen molar-refractivity contribution in [2.24, 2.45) is 0 Å². The molecule has 7 nitrogen and oxygen atoms in total. The number of aromatic nitrogens is 3. The van der Waals surface area contributed by atoms with E-state index < -0.39 is 0 Å². The van der Waals surface area contributed by atoms with Gasteiger partial charge in [0.05, 0.1) is 25.4 Å². The van der Waals surface area contributed by atoms with Crippen molar-refractivity contribution >= 4 is 33.0 Å². The number of hydrogen-bond acceptors (Lipinski definition) is 5. The molecule has 0 aliphatic carbocycles. The molecule has 1 aromatic carbocycles. The van der Waals surface area contributed by atoms with E-state index in [0.29, 0.717) is 23.7 Å². The lowest BCUT2D eigenvalue weighted by Crippen LogP contribution is -2.28. The molecule has 1 aliphatic rings. The molecular formula is C22H24N4O3S. The van der Waals surface area contributed by atoms with Crippen molar-refractivity contribution in [2.75, 3.05) is 27.3 Å². The van der Waals surface area contributed by atoms with Crippen molar-refractivity contribution in [3.05, 3.63) is 46.5 Å². The van der Waals surface area contributed by atoms with Gasteiger partial charge in [0.1, 0.15) is 27.8 Å². The zero-order valence-corrected chi connectivity index (χ0v) is 18.3. The molecule has 3 aromatic heterocycles. The third-order valence-corrected chi connectivity index (χ3v) is 7.02. The Kier molecular flexibility index (Phi) is 4.47. The number of methoxy groups -OCH3 is 2. The molecule has 1 saturated heterocycles. The fourth-order valence-corrected chi connectivity index (χ4v) is 5.54. The Bertz CT molecular complexity index is 1270. The molecule has 1 N–H and O–H groups in total. The van der Waals surface area contributed by atoms with Crippen LogP contribution in [0.1, 0.15) is 40.0 Å². The van der Waals surface area contributed by atoms with E-state index in [1.54, 1.807) is 25.6 Å². The first-order chi connectivity index (χ1) is 14.5. The molecule has 0 spiro atoms. The number of benzene rings is 1. The maximum absolute atomic E-state index is 13.2. The maximum Gasteiger partial charge on any atom is 0.270 e. The van der Waals surface area contributed by atoms with E-state index in [1.807, 2.05) is 30.0 Å². The highest BCUT2D eigenvalue weighted by Gasteiger charge is 2.32. The number of carbonyl (C=O) groups is 1. The number of imidazole rings is 1.